The van der Waals surface area contributed by atoms with E-state index in [1.54, 1.807) is 4.90 Å². The summed E-state index contributed by atoms with van der Waals surface area (Å²) in [6.45, 7) is 1.50. The summed E-state index contributed by atoms with van der Waals surface area (Å²) in [5, 5.41) is 10.8. The summed E-state index contributed by atoms with van der Waals surface area (Å²) in [7, 11) is 0. The third kappa shape index (κ3) is 3.34. The van der Waals surface area contributed by atoms with Gasteiger partial charge in [-0.15, -0.1) is 0 Å². The first kappa shape index (κ1) is 17.8. The van der Waals surface area contributed by atoms with Crippen LogP contribution in [0.3, 0.4) is 0 Å². The van der Waals surface area contributed by atoms with Gasteiger partial charge in [0, 0.05) is 30.1 Å². The number of hydrogen-bond donors (Lipinski definition) is 1. The maximum absolute atomic E-state index is 12.2. The van der Waals surface area contributed by atoms with E-state index in [4.69, 9.17) is 9.47 Å². The molecule has 0 spiro atoms. The van der Waals surface area contributed by atoms with Gasteiger partial charge in [-0.2, -0.15) is 0 Å². The molecule has 146 valence electrons. The van der Waals surface area contributed by atoms with E-state index < -0.39 is 6.10 Å². The monoisotopic (exact) mass is 387 g/mol. The number of carbonyl (C=O) groups excluding carboxylic acids is 1. The second kappa shape index (κ2) is 7.26. The zero-order valence-electron chi connectivity index (χ0n) is 15.8. The quantitative estimate of drug-likeness (QED) is 0.713. The maximum atomic E-state index is 12.2. The zero-order valence-corrected chi connectivity index (χ0v) is 15.8. The van der Waals surface area contributed by atoms with E-state index in [0.717, 1.165) is 22.3 Å². The van der Waals surface area contributed by atoms with Crippen molar-refractivity contribution in [2.45, 2.75) is 18.6 Å². The van der Waals surface area contributed by atoms with Crippen LogP contribution in [0, 0.1) is 0 Å². The van der Waals surface area contributed by atoms with Crippen LogP contribution in [0.2, 0.25) is 0 Å². The van der Waals surface area contributed by atoms with Gasteiger partial charge in [0.2, 0.25) is 0 Å². The predicted octanol–water partition coefficient (Wildman–Crippen LogP) is 4.61. The summed E-state index contributed by atoms with van der Waals surface area (Å²) in [6.07, 6.45) is -0.998. The SMILES string of the molecule is O=C(OCc1ccccc1)N1CC(c2ccc3c(c2)C(O)c2ccccc2O3)C1. The van der Waals surface area contributed by atoms with Gasteiger partial charge in [-0.3, -0.25) is 0 Å². The Kier molecular flexibility index (Phi) is 4.45. The molecule has 0 aromatic heterocycles. The van der Waals surface area contributed by atoms with Gasteiger partial charge < -0.3 is 19.5 Å². The van der Waals surface area contributed by atoms with Crippen molar-refractivity contribution >= 4 is 6.09 Å². The zero-order chi connectivity index (χ0) is 19.8. The lowest BCUT2D eigenvalue weighted by molar-refractivity contribution is 0.0663. The number of carbonyl (C=O) groups is 1. The third-order valence-electron chi connectivity index (χ3n) is 5.58. The minimum Gasteiger partial charge on any atom is -0.457 e. The second-order valence-corrected chi connectivity index (χ2v) is 7.48. The van der Waals surface area contributed by atoms with E-state index in [0.29, 0.717) is 24.6 Å². The van der Waals surface area contributed by atoms with Gasteiger partial charge in [0.15, 0.2) is 0 Å². The number of amides is 1. The van der Waals surface area contributed by atoms with Gasteiger partial charge in [0.1, 0.15) is 24.2 Å². The molecule has 1 atom stereocenters. The number of aliphatic hydroxyl groups is 1. The van der Waals surface area contributed by atoms with Crippen molar-refractivity contribution < 1.29 is 19.4 Å². The van der Waals surface area contributed by atoms with E-state index in [1.807, 2.05) is 72.8 Å². The molecular weight excluding hydrogens is 366 g/mol. The Bertz CT molecular complexity index is 1040. The number of para-hydroxylation sites is 1. The van der Waals surface area contributed by atoms with Crippen molar-refractivity contribution in [2.75, 3.05) is 13.1 Å². The summed E-state index contributed by atoms with van der Waals surface area (Å²) < 4.78 is 11.3. The van der Waals surface area contributed by atoms with Crippen molar-refractivity contribution in [2.24, 2.45) is 0 Å². The van der Waals surface area contributed by atoms with Crippen LogP contribution in [0.1, 0.15) is 34.3 Å². The molecule has 29 heavy (non-hydrogen) atoms. The molecule has 5 nitrogen and oxygen atoms in total. The Balaban J connectivity index is 1.23. The van der Waals surface area contributed by atoms with Crippen molar-refractivity contribution in [3.63, 3.8) is 0 Å². The number of aliphatic hydroxyl groups excluding tert-OH is 1. The van der Waals surface area contributed by atoms with E-state index in [1.165, 1.54) is 0 Å². The Morgan fingerprint density at radius 2 is 1.69 bits per heavy atom. The Labute approximate surface area is 169 Å². The normalized spacial score (nSPS) is 17.6. The molecule has 3 aromatic carbocycles. The second-order valence-electron chi connectivity index (χ2n) is 7.48. The van der Waals surface area contributed by atoms with Gasteiger partial charge in [-0.1, -0.05) is 54.6 Å². The highest BCUT2D eigenvalue weighted by atomic mass is 16.6. The standard InChI is InChI=1S/C24H21NO4/c26-23-19-8-4-5-9-21(19)29-22-11-10-17(12-20(22)23)18-13-25(14-18)24(27)28-15-16-6-2-1-3-7-16/h1-12,18,23,26H,13-15H2. The first-order valence-electron chi connectivity index (χ1n) is 9.73. The van der Waals surface area contributed by atoms with Crippen LogP contribution in [-0.2, 0) is 11.3 Å². The maximum Gasteiger partial charge on any atom is 0.410 e. The predicted molar refractivity (Wildman–Crippen MR) is 108 cm³/mol. The highest BCUT2D eigenvalue weighted by molar-refractivity contribution is 5.69. The number of likely N-dealkylation sites (tertiary alicyclic amines) is 1. The fraction of sp³-hybridized carbons (Fsp3) is 0.208. The van der Waals surface area contributed by atoms with Gasteiger partial charge >= 0.3 is 6.09 Å². The Morgan fingerprint density at radius 1 is 0.966 bits per heavy atom. The highest BCUT2D eigenvalue weighted by Gasteiger charge is 2.34. The molecule has 1 unspecified atom stereocenters. The minimum absolute atomic E-state index is 0.231. The Morgan fingerprint density at radius 3 is 2.52 bits per heavy atom. The lowest BCUT2D eigenvalue weighted by Gasteiger charge is -2.39. The molecule has 0 saturated carbocycles. The number of fused-ring (bicyclic) bond motifs is 2. The number of nitrogens with zero attached hydrogens (tertiary/aromatic N) is 1. The molecule has 0 aliphatic carbocycles. The molecule has 1 fully saturated rings. The van der Waals surface area contributed by atoms with Crippen molar-refractivity contribution in [1.82, 2.24) is 4.90 Å². The van der Waals surface area contributed by atoms with Gasteiger partial charge in [-0.05, 0) is 29.3 Å². The van der Waals surface area contributed by atoms with Crippen LogP contribution < -0.4 is 4.74 Å². The number of hydrogen-bond acceptors (Lipinski definition) is 4. The summed E-state index contributed by atoms with van der Waals surface area (Å²) in [6, 6.07) is 23.1. The minimum atomic E-state index is -0.707. The van der Waals surface area contributed by atoms with E-state index in [2.05, 4.69) is 0 Å². The molecule has 2 heterocycles. The topological polar surface area (TPSA) is 59.0 Å². The number of benzene rings is 3. The van der Waals surface area contributed by atoms with Crippen LogP contribution in [0.15, 0.2) is 72.8 Å². The Hall–Kier alpha value is -3.31. The first-order chi connectivity index (χ1) is 14.2. The van der Waals surface area contributed by atoms with E-state index >= 15 is 0 Å². The molecule has 1 saturated heterocycles. The van der Waals surface area contributed by atoms with Crippen molar-refractivity contribution in [1.29, 1.82) is 0 Å². The summed E-state index contributed by atoms with van der Waals surface area (Å²) in [5.74, 6) is 1.60. The third-order valence-corrected chi connectivity index (χ3v) is 5.58. The first-order valence-corrected chi connectivity index (χ1v) is 9.73. The fourth-order valence-corrected chi connectivity index (χ4v) is 3.86. The van der Waals surface area contributed by atoms with Crippen LogP contribution in [0.25, 0.3) is 0 Å². The number of rotatable bonds is 3. The van der Waals surface area contributed by atoms with Crippen molar-refractivity contribution in [3.8, 4) is 11.5 Å². The molecule has 2 aliphatic heterocycles. The molecule has 0 bridgehead atoms. The van der Waals surface area contributed by atoms with Crippen LogP contribution in [0.4, 0.5) is 4.79 Å². The van der Waals surface area contributed by atoms with Crippen LogP contribution in [-0.4, -0.2) is 29.2 Å². The van der Waals surface area contributed by atoms with E-state index in [9.17, 15) is 9.90 Å². The molecule has 1 amide bonds. The number of ether oxygens (including phenoxy) is 2. The summed E-state index contributed by atoms with van der Waals surface area (Å²) in [4.78, 5) is 13.9. The molecular formula is C24H21NO4. The molecule has 5 heteroatoms. The fourth-order valence-electron chi connectivity index (χ4n) is 3.86. The molecule has 3 aromatic rings. The van der Waals surface area contributed by atoms with Gasteiger partial charge in [0.25, 0.3) is 0 Å². The lowest BCUT2D eigenvalue weighted by Crippen LogP contribution is -2.48. The molecule has 2 aliphatic rings. The van der Waals surface area contributed by atoms with Crippen LogP contribution in [0.5, 0.6) is 11.5 Å². The smallest absolute Gasteiger partial charge is 0.410 e. The summed E-state index contributed by atoms with van der Waals surface area (Å²) in [5.41, 5.74) is 3.61. The van der Waals surface area contributed by atoms with Gasteiger partial charge in [0.05, 0.1) is 0 Å². The molecule has 5 rings (SSSR count). The lowest BCUT2D eigenvalue weighted by atomic mass is 9.88. The average molecular weight is 387 g/mol. The molecule has 1 N–H and O–H groups in total. The van der Waals surface area contributed by atoms with Crippen LogP contribution >= 0.6 is 0 Å². The van der Waals surface area contributed by atoms with Crippen molar-refractivity contribution in [3.05, 3.63) is 95.1 Å². The highest BCUT2D eigenvalue weighted by Crippen LogP contribution is 2.44. The average Bonchev–Trinajstić information content (AvgIpc) is 2.72. The van der Waals surface area contributed by atoms with E-state index in [-0.39, 0.29) is 18.6 Å². The molecule has 0 radical (unpaired) electrons. The summed E-state index contributed by atoms with van der Waals surface area (Å²) >= 11 is 0. The largest absolute Gasteiger partial charge is 0.457 e. The van der Waals surface area contributed by atoms with Gasteiger partial charge in [-0.25, -0.2) is 4.79 Å².